The minimum Gasteiger partial charge on any atom is -0.488 e. The molecule has 0 fully saturated rings. The maximum Gasteiger partial charge on any atom is 0.414 e. The first kappa shape index (κ1) is 26.0. The molecule has 0 bridgehead atoms. The van der Waals surface area contributed by atoms with Crippen LogP contribution in [0.15, 0.2) is 77.8 Å². The van der Waals surface area contributed by atoms with Crippen molar-refractivity contribution >= 4 is 23.6 Å². The van der Waals surface area contributed by atoms with Crippen LogP contribution in [0.25, 0.3) is 16.0 Å². The number of carbonyl (C=O) groups is 2. The molecule has 8 nitrogen and oxygen atoms in total. The van der Waals surface area contributed by atoms with Gasteiger partial charge in [0.2, 0.25) is 5.96 Å². The van der Waals surface area contributed by atoms with E-state index in [9.17, 15) is 9.59 Å². The fourth-order valence-electron chi connectivity index (χ4n) is 3.36. The minimum atomic E-state index is -0.762. The van der Waals surface area contributed by atoms with Crippen LogP contribution in [0.5, 0.6) is 5.75 Å². The molecule has 3 aromatic carbocycles. The van der Waals surface area contributed by atoms with Gasteiger partial charge in [0, 0.05) is 12.6 Å². The second-order valence-corrected chi connectivity index (χ2v) is 8.74. The number of nitrogens with zero attached hydrogens (tertiary/aromatic N) is 2. The van der Waals surface area contributed by atoms with Gasteiger partial charge in [0.1, 0.15) is 18.0 Å². The third kappa shape index (κ3) is 6.93. The number of guanidine groups is 1. The van der Waals surface area contributed by atoms with Crippen molar-refractivity contribution in [2.75, 3.05) is 7.05 Å². The number of aliphatic imine (C=N–C) groups is 1. The lowest BCUT2D eigenvalue weighted by molar-refractivity contribution is 0.0561. The van der Waals surface area contributed by atoms with Crippen LogP contribution < -0.4 is 15.4 Å². The van der Waals surface area contributed by atoms with Gasteiger partial charge < -0.3 is 9.47 Å². The zero-order chi connectivity index (χ0) is 26.1. The monoisotopic (exact) mass is 484 g/mol. The Morgan fingerprint density at radius 1 is 0.944 bits per heavy atom. The Hall–Kier alpha value is -4.64. The summed E-state index contributed by atoms with van der Waals surface area (Å²) in [5.74, 6) is -0.412. The predicted molar refractivity (Wildman–Crippen MR) is 139 cm³/mol. The standard InChI is InChI=1S/C28H28N4O4/c1-28(2,3)36-27(34)32-26(30-5)31-25(33)24-22(35-18-19-12-8-6-9-13-19)17-16-21(29-4)23(24)20-14-10-7-11-15-20/h6-17H,18H2,1-3,5H3,(H2,30,31,32,33,34). The van der Waals surface area contributed by atoms with Crippen LogP contribution in [0.2, 0.25) is 0 Å². The molecule has 0 radical (unpaired) electrons. The smallest absolute Gasteiger partial charge is 0.414 e. The SMILES string of the molecule is [C-]#[N+]c1ccc(OCc2ccccc2)c(C(=O)NC(=NC)NC(=O)OC(C)(C)C)c1-c1ccccc1. The Kier molecular flexibility index (Phi) is 8.42. The van der Waals surface area contributed by atoms with Gasteiger partial charge in [-0.1, -0.05) is 66.7 Å². The second kappa shape index (κ2) is 11.7. The Balaban J connectivity index is 2.01. The first-order chi connectivity index (χ1) is 17.2. The lowest BCUT2D eigenvalue weighted by atomic mass is 9.96. The van der Waals surface area contributed by atoms with E-state index in [-0.39, 0.29) is 29.6 Å². The molecule has 2 N–H and O–H groups in total. The third-order valence-electron chi connectivity index (χ3n) is 4.87. The maximum atomic E-state index is 13.6. The van der Waals surface area contributed by atoms with E-state index in [0.717, 1.165) is 5.56 Å². The molecule has 0 saturated carbocycles. The highest BCUT2D eigenvalue weighted by atomic mass is 16.6. The second-order valence-electron chi connectivity index (χ2n) is 8.74. The number of hydrogen-bond acceptors (Lipinski definition) is 5. The van der Waals surface area contributed by atoms with Crippen LogP contribution in [0.3, 0.4) is 0 Å². The molecular weight excluding hydrogens is 456 g/mol. The number of nitrogens with one attached hydrogen (secondary N) is 2. The van der Waals surface area contributed by atoms with Crippen molar-refractivity contribution in [2.24, 2.45) is 4.99 Å². The average Bonchev–Trinajstić information content (AvgIpc) is 2.86. The van der Waals surface area contributed by atoms with E-state index in [1.807, 2.05) is 60.7 Å². The van der Waals surface area contributed by atoms with Crippen LogP contribution in [-0.4, -0.2) is 30.6 Å². The molecule has 0 aromatic heterocycles. The number of alkyl carbamates (subject to hydrolysis) is 1. The number of rotatable bonds is 5. The van der Waals surface area contributed by atoms with E-state index in [4.69, 9.17) is 16.0 Å². The lowest BCUT2D eigenvalue weighted by Gasteiger charge is -2.21. The summed E-state index contributed by atoms with van der Waals surface area (Å²) in [4.78, 5) is 33.4. The molecule has 0 spiro atoms. The van der Waals surface area contributed by atoms with Crippen molar-refractivity contribution in [3.8, 4) is 16.9 Å². The third-order valence-corrected chi connectivity index (χ3v) is 4.87. The summed E-state index contributed by atoms with van der Waals surface area (Å²) in [5.41, 5.74) is 1.72. The number of ether oxygens (including phenoxy) is 2. The largest absolute Gasteiger partial charge is 0.488 e. The van der Waals surface area contributed by atoms with Crippen molar-refractivity contribution in [3.05, 3.63) is 95.3 Å². The molecule has 0 unspecified atom stereocenters. The maximum absolute atomic E-state index is 13.6. The van der Waals surface area contributed by atoms with Gasteiger partial charge in [-0.3, -0.25) is 20.4 Å². The Morgan fingerprint density at radius 2 is 1.58 bits per heavy atom. The van der Waals surface area contributed by atoms with Gasteiger partial charge >= 0.3 is 6.09 Å². The number of amides is 2. The first-order valence-electron chi connectivity index (χ1n) is 11.3. The molecule has 0 heterocycles. The van der Waals surface area contributed by atoms with E-state index < -0.39 is 17.6 Å². The molecule has 0 atom stereocenters. The summed E-state index contributed by atoms with van der Waals surface area (Å²) in [5, 5.41) is 5.06. The molecule has 3 aromatic rings. The molecule has 184 valence electrons. The van der Waals surface area contributed by atoms with E-state index in [2.05, 4.69) is 20.5 Å². The summed E-state index contributed by atoms with van der Waals surface area (Å²) in [6, 6.07) is 21.9. The lowest BCUT2D eigenvalue weighted by Crippen LogP contribution is -2.45. The van der Waals surface area contributed by atoms with E-state index in [0.29, 0.717) is 11.1 Å². The zero-order valence-electron chi connectivity index (χ0n) is 20.7. The summed E-state index contributed by atoms with van der Waals surface area (Å²) < 4.78 is 11.3. The van der Waals surface area contributed by atoms with Gasteiger partial charge in [0.05, 0.1) is 12.1 Å². The molecule has 2 amide bonds. The molecule has 36 heavy (non-hydrogen) atoms. The van der Waals surface area contributed by atoms with Crippen molar-refractivity contribution < 1.29 is 19.1 Å². The van der Waals surface area contributed by atoms with E-state index >= 15 is 0 Å². The molecule has 0 saturated heterocycles. The number of hydrogen-bond donors (Lipinski definition) is 2. The Morgan fingerprint density at radius 3 is 2.17 bits per heavy atom. The molecule has 0 aliphatic heterocycles. The minimum absolute atomic E-state index is 0.101. The highest BCUT2D eigenvalue weighted by Gasteiger charge is 2.24. The highest BCUT2D eigenvalue weighted by molar-refractivity contribution is 6.14. The van der Waals surface area contributed by atoms with Gasteiger partial charge in [0.15, 0.2) is 5.69 Å². The highest BCUT2D eigenvalue weighted by Crippen LogP contribution is 2.39. The van der Waals surface area contributed by atoms with Crippen LogP contribution in [-0.2, 0) is 11.3 Å². The van der Waals surface area contributed by atoms with E-state index in [1.54, 1.807) is 32.9 Å². The topological polar surface area (TPSA) is 93.4 Å². The Bertz CT molecular complexity index is 1290. The average molecular weight is 485 g/mol. The van der Waals surface area contributed by atoms with Gasteiger partial charge in [-0.25, -0.2) is 9.64 Å². The number of carbonyl (C=O) groups excluding carboxylic acids is 2. The van der Waals surface area contributed by atoms with Crippen LogP contribution in [0.1, 0.15) is 36.7 Å². The quantitative estimate of drug-likeness (QED) is 0.275. The first-order valence-corrected chi connectivity index (χ1v) is 11.3. The van der Waals surface area contributed by atoms with Crippen molar-refractivity contribution in [2.45, 2.75) is 33.0 Å². The fraction of sp³-hybridized carbons (Fsp3) is 0.214. The fourth-order valence-corrected chi connectivity index (χ4v) is 3.36. The molecule has 8 heteroatoms. The summed E-state index contributed by atoms with van der Waals surface area (Å²) in [6.07, 6.45) is -0.762. The predicted octanol–water partition coefficient (Wildman–Crippen LogP) is 5.72. The molecular formula is C28H28N4O4. The summed E-state index contributed by atoms with van der Waals surface area (Å²) in [6.45, 7) is 13.1. The zero-order valence-corrected chi connectivity index (χ0v) is 20.7. The van der Waals surface area contributed by atoms with E-state index in [1.165, 1.54) is 7.05 Å². The molecule has 0 aliphatic rings. The Labute approximate surface area is 210 Å². The normalized spacial score (nSPS) is 11.2. The molecule has 3 rings (SSSR count). The van der Waals surface area contributed by atoms with Crippen molar-refractivity contribution in [1.82, 2.24) is 10.6 Å². The van der Waals surface area contributed by atoms with Gasteiger partial charge in [-0.2, -0.15) is 0 Å². The van der Waals surface area contributed by atoms with Gasteiger partial charge in [-0.05, 0) is 38.0 Å². The van der Waals surface area contributed by atoms with Crippen molar-refractivity contribution in [1.29, 1.82) is 0 Å². The van der Waals surface area contributed by atoms with Crippen LogP contribution in [0, 0.1) is 6.57 Å². The molecule has 0 aliphatic carbocycles. The van der Waals surface area contributed by atoms with Crippen LogP contribution in [0.4, 0.5) is 10.5 Å². The van der Waals surface area contributed by atoms with Crippen molar-refractivity contribution in [3.63, 3.8) is 0 Å². The van der Waals surface area contributed by atoms with Gasteiger partial charge in [-0.15, -0.1) is 0 Å². The number of benzene rings is 3. The van der Waals surface area contributed by atoms with Crippen LogP contribution >= 0.6 is 0 Å². The summed E-state index contributed by atoms with van der Waals surface area (Å²) in [7, 11) is 1.42. The van der Waals surface area contributed by atoms with Gasteiger partial charge in [0.25, 0.3) is 5.91 Å². The summed E-state index contributed by atoms with van der Waals surface area (Å²) >= 11 is 0.